The van der Waals surface area contributed by atoms with Crippen LogP contribution in [-0.4, -0.2) is 74.2 Å². The number of nitrogens with zero attached hydrogens (tertiary/aromatic N) is 2. The van der Waals surface area contributed by atoms with Crippen molar-refractivity contribution < 1.29 is 23.8 Å². The van der Waals surface area contributed by atoms with Gasteiger partial charge < -0.3 is 24.0 Å². The number of hydrogen-bond donors (Lipinski definition) is 0. The van der Waals surface area contributed by atoms with Crippen molar-refractivity contribution in [2.75, 3.05) is 52.5 Å². The summed E-state index contributed by atoms with van der Waals surface area (Å²) in [6.45, 7) is 16.0. The minimum atomic E-state index is -0.312. The Hall–Kier alpha value is -2.90. The van der Waals surface area contributed by atoms with Gasteiger partial charge in [0, 0.05) is 30.6 Å². The largest absolute Gasteiger partial charge is 0.462 e. The van der Waals surface area contributed by atoms with Gasteiger partial charge in [0.2, 0.25) is 0 Å². The zero-order valence-electron chi connectivity index (χ0n) is 27.8. The van der Waals surface area contributed by atoms with Gasteiger partial charge in [-0.2, -0.15) is 0 Å². The number of carbonyl (C=O) groups is 2. The van der Waals surface area contributed by atoms with E-state index in [1.807, 2.05) is 24.3 Å². The molecule has 0 saturated heterocycles. The molecule has 2 aromatic rings. The van der Waals surface area contributed by atoms with Gasteiger partial charge in [0.15, 0.2) is 0 Å². The number of hydrogen-bond acceptors (Lipinski definition) is 7. The van der Waals surface area contributed by atoms with Gasteiger partial charge in [0.25, 0.3) is 0 Å². The lowest BCUT2D eigenvalue weighted by Gasteiger charge is -2.22. The van der Waals surface area contributed by atoms with Crippen molar-refractivity contribution in [2.24, 2.45) is 0 Å². The summed E-state index contributed by atoms with van der Waals surface area (Å²) >= 11 is 0. The van der Waals surface area contributed by atoms with E-state index < -0.39 is 0 Å². The van der Waals surface area contributed by atoms with Gasteiger partial charge >= 0.3 is 11.9 Å². The molecule has 7 nitrogen and oxygen atoms in total. The summed E-state index contributed by atoms with van der Waals surface area (Å²) in [5, 5.41) is 0. The highest BCUT2D eigenvalue weighted by molar-refractivity contribution is 5.91. The Morgan fingerprint density at radius 1 is 0.591 bits per heavy atom. The maximum Gasteiger partial charge on any atom is 0.338 e. The van der Waals surface area contributed by atoms with E-state index >= 15 is 0 Å². The second-order valence-corrected chi connectivity index (χ2v) is 12.0. The van der Waals surface area contributed by atoms with E-state index in [4.69, 9.17) is 14.2 Å². The number of fused-ring (bicyclic) bond motifs is 2. The summed E-state index contributed by atoms with van der Waals surface area (Å²) in [5.74, 6) is 0.824. The molecular formula is C37H56N2O5. The van der Waals surface area contributed by atoms with Gasteiger partial charge in [-0.3, -0.25) is 0 Å². The van der Waals surface area contributed by atoms with Crippen LogP contribution in [0, 0.1) is 0 Å². The number of ether oxygens (including phenoxy) is 3. The molecule has 0 atom stereocenters. The van der Waals surface area contributed by atoms with Crippen LogP contribution in [0.2, 0.25) is 0 Å². The van der Waals surface area contributed by atoms with Crippen LogP contribution in [0.4, 0.5) is 0 Å². The highest BCUT2D eigenvalue weighted by atomic mass is 16.5. The van der Waals surface area contributed by atoms with Gasteiger partial charge in [0.1, 0.15) is 11.5 Å². The maximum absolute atomic E-state index is 12.8. The topological polar surface area (TPSA) is 68.3 Å². The molecule has 0 bridgehead atoms. The third-order valence-corrected chi connectivity index (χ3v) is 8.21. The maximum atomic E-state index is 12.8. The van der Waals surface area contributed by atoms with Crippen molar-refractivity contribution in [2.45, 2.75) is 98.3 Å². The lowest BCUT2D eigenvalue weighted by atomic mass is 9.97. The van der Waals surface area contributed by atoms with E-state index in [0.717, 1.165) is 74.7 Å². The molecule has 0 fully saturated rings. The monoisotopic (exact) mass is 608 g/mol. The molecule has 0 amide bonds. The van der Waals surface area contributed by atoms with E-state index in [1.165, 1.54) is 51.4 Å². The number of esters is 2. The van der Waals surface area contributed by atoms with Crippen LogP contribution in [0.1, 0.15) is 124 Å². The Bertz CT molecular complexity index is 1050. The first kappa shape index (κ1) is 35.6. The van der Waals surface area contributed by atoms with Crippen molar-refractivity contribution in [3.63, 3.8) is 0 Å². The van der Waals surface area contributed by atoms with Gasteiger partial charge in [-0.25, -0.2) is 9.59 Å². The van der Waals surface area contributed by atoms with Crippen LogP contribution < -0.4 is 4.74 Å². The van der Waals surface area contributed by atoms with E-state index in [-0.39, 0.29) is 11.9 Å². The summed E-state index contributed by atoms with van der Waals surface area (Å²) in [6, 6.07) is 10.9. The Kier molecular flexibility index (Phi) is 16.3. The molecule has 7 heteroatoms. The zero-order chi connectivity index (χ0) is 31.6. The normalized spacial score (nSPS) is 12.1. The summed E-state index contributed by atoms with van der Waals surface area (Å²) in [5.41, 5.74) is 2.85. The molecule has 1 heterocycles. The third kappa shape index (κ3) is 11.9. The first-order valence-electron chi connectivity index (χ1n) is 17.2. The van der Waals surface area contributed by atoms with Crippen molar-refractivity contribution in [3.05, 3.63) is 58.7 Å². The summed E-state index contributed by atoms with van der Waals surface area (Å²) < 4.78 is 17.4. The van der Waals surface area contributed by atoms with Crippen LogP contribution in [-0.2, 0) is 15.9 Å². The Morgan fingerprint density at radius 3 is 1.32 bits per heavy atom. The molecule has 0 saturated carbocycles. The lowest BCUT2D eigenvalue weighted by molar-refractivity contribution is 0.0478. The molecular weight excluding hydrogens is 552 g/mol. The lowest BCUT2D eigenvalue weighted by Crippen LogP contribution is -2.28. The van der Waals surface area contributed by atoms with E-state index in [9.17, 15) is 9.59 Å². The SMILES string of the molecule is CCCCN(CCCC)CCCOC(=O)c1ccc2c(c1)Cc1cc(C(=O)OCCCN(CCCC)CCCC)ccc1O2. The number of rotatable bonds is 22. The second kappa shape index (κ2) is 20.2. The van der Waals surface area contributed by atoms with Gasteiger partial charge in [0.05, 0.1) is 24.3 Å². The van der Waals surface area contributed by atoms with Crippen molar-refractivity contribution in [1.29, 1.82) is 0 Å². The first-order valence-corrected chi connectivity index (χ1v) is 17.2. The molecule has 0 aromatic heterocycles. The van der Waals surface area contributed by atoms with Gasteiger partial charge in [-0.05, 0) is 101 Å². The molecule has 2 aromatic carbocycles. The van der Waals surface area contributed by atoms with Crippen LogP contribution in [0.5, 0.6) is 11.5 Å². The highest BCUT2D eigenvalue weighted by Gasteiger charge is 2.21. The Balaban J connectivity index is 1.49. The van der Waals surface area contributed by atoms with Crippen LogP contribution in [0.25, 0.3) is 0 Å². The molecule has 244 valence electrons. The molecule has 0 N–H and O–H groups in total. The molecule has 0 spiro atoms. The van der Waals surface area contributed by atoms with Crippen LogP contribution >= 0.6 is 0 Å². The number of benzene rings is 2. The van der Waals surface area contributed by atoms with E-state index in [1.54, 1.807) is 12.1 Å². The molecule has 0 unspecified atom stereocenters. The molecule has 0 aliphatic carbocycles. The van der Waals surface area contributed by atoms with Gasteiger partial charge in [-0.1, -0.05) is 53.4 Å². The average Bonchev–Trinajstić information content (AvgIpc) is 3.04. The van der Waals surface area contributed by atoms with E-state index in [2.05, 4.69) is 37.5 Å². The predicted molar refractivity (Wildman–Crippen MR) is 178 cm³/mol. The summed E-state index contributed by atoms with van der Waals surface area (Å²) in [6.07, 6.45) is 11.8. The Labute approximate surface area is 266 Å². The van der Waals surface area contributed by atoms with Crippen molar-refractivity contribution >= 4 is 11.9 Å². The minimum Gasteiger partial charge on any atom is -0.462 e. The quantitative estimate of drug-likeness (QED) is 0.0840. The van der Waals surface area contributed by atoms with Gasteiger partial charge in [-0.15, -0.1) is 0 Å². The fourth-order valence-corrected chi connectivity index (χ4v) is 5.48. The predicted octanol–water partition coefficient (Wildman–Crippen LogP) is 8.28. The number of carbonyl (C=O) groups excluding carboxylic acids is 2. The molecule has 44 heavy (non-hydrogen) atoms. The van der Waals surface area contributed by atoms with Crippen molar-refractivity contribution in [3.8, 4) is 11.5 Å². The highest BCUT2D eigenvalue weighted by Crippen LogP contribution is 2.37. The summed E-state index contributed by atoms with van der Waals surface area (Å²) in [4.78, 5) is 30.6. The van der Waals surface area contributed by atoms with E-state index in [0.29, 0.717) is 30.8 Å². The summed E-state index contributed by atoms with van der Waals surface area (Å²) in [7, 11) is 0. The Morgan fingerprint density at radius 2 is 0.955 bits per heavy atom. The average molecular weight is 609 g/mol. The first-order chi connectivity index (χ1) is 21.5. The standard InChI is InChI=1S/C37H56N2O5/c1-5-9-19-38(20-10-6-2)23-13-25-42-36(40)30-15-17-34-32(27-30)29-33-28-31(16-18-35(33)44-34)37(41)43-26-14-24-39(21-11-7-3)22-12-8-4/h15-18,27-28H,5-14,19-26,29H2,1-4H3. The van der Waals surface area contributed by atoms with Crippen LogP contribution in [0.3, 0.4) is 0 Å². The number of unbranched alkanes of at least 4 members (excludes halogenated alkanes) is 4. The minimum absolute atomic E-state index is 0.312. The fraction of sp³-hybridized carbons (Fsp3) is 0.622. The third-order valence-electron chi connectivity index (χ3n) is 8.21. The second-order valence-electron chi connectivity index (χ2n) is 12.0. The molecule has 1 aliphatic heterocycles. The zero-order valence-corrected chi connectivity index (χ0v) is 27.8. The molecule has 1 aliphatic rings. The molecule has 0 radical (unpaired) electrons. The van der Waals surface area contributed by atoms with Crippen molar-refractivity contribution in [1.82, 2.24) is 9.80 Å². The smallest absolute Gasteiger partial charge is 0.338 e. The van der Waals surface area contributed by atoms with Crippen LogP contribution in [0.15, 0.2) is 36.4 Å². The fourth-order valence-electron chi connectivity index (χ4n) is 5.48. The molecule has 3 rings (SSSR count).